The van der Waals surface area contributed by atoms with Crippen LogP contribution in [0.1, 0.15) is 34.6 Å². The Morgan fingerprint density at radius 2 is 2.07 bits per heavy atom. The van der Waals surface area contributed by atoms with E-state index in [4.69, 9.17) is 0 Å². The molecule has 0 saturated heterocycles. The molecule has 0 aliphatic carbocycles. The lowest BCUT2D eigenvalue weighted by molar-refractivity contribution is 0.850. The highest BCUT2D eigenvalue weighted by molar-refractivity contribution is 7.07. The van der Waals surface area contributed by atoms with Gasteiger partial charge in [0.25, 0.3) is 0 Å². The van der Waals surface area contributed by atoms with E-state index in [1.54, 1.807) is 11.3 Å². The minimum absolute atomic E-state index is 0.515. The van der Waals surface area contributed by atoms with Crippen LogP contribution in [-0.2, 0) is 0 Å². The van der Waals surface area contributed by atoms with Crippen LogP contribution in [0.25, 0.3) is 11.1 Å². The first-order valence-corrected chi connectivity index (χ1v) is 6.19. The Bertz CT molecular complexity index is 459. The Labute approximate surface area is 95.9 Å². The van der Waals surface area contributed by atoms with E-state index in [0.717, 1.165) is 5.35 Å². The van der Waals surface area contributed by atoms with Crippen LogP contribution in [0.5, 0.6) is 0 Å². The molecule has 1 aromatic rings. The summed E-state index contributed by atoms with van der Waals surface area (Å²) in [7, 11) is 0. The predicted octanol–water partition coefficient (Wildman–Crippen LogP) is 2.72. The van der Waals surface area contributed by atoms with E-state index < -0.39 is 0 Å². The van der Waals surface area contributed by atoms with Crippen molar-refractivity contribution in [1.82, 2.24) is 4.98 Å². The Hall–Kier alpha value is -0.890. The monoisotopic (exact) mass is 221 g/mol. The molecule has 0 N–H and O–H groups in total. The summed E-state index contributed by atoms with van der Waals surface area (Å²) in [5, 5.41) is 1.16. The zero-order valence-electron chi connectivity index (χ0n) is 10.2. The maximum Gasteiger partial charge on any atom is 0.0845 e. The third-order valence-corrected chi connectivity index (χ3v) is 3.31. The van der Waals surface area contributed by atoms with Gasteiger partial charge in [-0.3, -0.25) is 0 Å². The van der Waals surface area contributed by atoms with Gasteiger partial charge in [0.2, 0.25) is 0 Å². The van der Waals surface area contributed by atoms with Crippen molar-refractivity contribution in [2.24, 2.45) is 5.92 Å². The first-order valence-electron chi connectivity index (χ1n) is 5.31. The number of allylic oxidation sites excluding steroid dienone is 2. The average molecular weight is 221 g/mol. The second kappa shape index (κ2) is 5.26. The molecule has 1 aromatic heterocycles. The smallest absolute Gasteiger partial charge is 0.0845 e. The normalized spacial score (nSPS) is 13.7. The fraction of sp³-hybridized carbons (Fsp3) is 0.462. The van der Waals surface area contributed by atoms with E-state index in [9.17, 15) is 0 Å². The molecule has 2 heteroatoms. The van der Waals surface area contributed by atoms with Gasteiger partial charge >= 0.3 is 0 Å². The Kier molecular flexibility index (Phi) is 4.28. The molecule has 0 unspecified atom stereocenters. The second-order valence-electron chi connectivity index (χ2n) is 4.14. The largest absolute Gasteiger partial charge is 0.244 e. The van der Waals surface area contributed by atoms with Gasteiger partial charge in [-0.25, -0.2) is 4.98 Å². The van der Waals surface area contributed by atoms with E-state index in [2.05, 4.69) is 51.8 Å². The van der Waals surface area contributed by atoms with Gasteiger partial charge in [-0.05, 0) is 32.3 Å². The van der Waals surface area contributed by atoms with Crippen molar-refractivity contribution in [3.8, 4) is 0 Å². The van der Waals surface area contributed by atoms with E-state index in [-0.39, 0.29) is 0 Å². The summed E-state index contributed by atoms with van der Waals surface area (Å²) in [5.74, 6) is 0.515. The summed E-state index contributed by atoms with van der Waals surface area (Å²) >= 11 is 1.73. The lowest BCUT2D eigenvalue weighted by atomic mass is 10.0. The molecule has 0 aliphatic rings. The molecule has 82 valence electrons. The number of hydrogen-bond donors (Lipinski definition) is 0. The highest BCUT2D eigenvalue weighted by Gasteiger charge is 2.03. The highest BCUT2D eigenvalue weighted by Crippen LogP contribution is 2.09. The predicted molar refractivity (Wildman–Crippen MR) is 69.2 cm³/mol. The quantitative estimate of drug-likeness (QED) is 0.748. The zero-order valence-corrected chi connectivity index (χ0v) is 11.0. The molecule has 0 saturated carbocycles. The van der Waals surface area contributed by atoms with Crippen molar-refractivity contribution < 1.29 is 0 Å². The van der Waals surface area contributed by atoms with E-state index in [0.29, 0.717) is 5.92 Å². The van der Waals surface area contributed by atoms with Crippen molar-refractivity contribution >= 4 is 22.5 Å². The van der Waals surface area contributed by atoms with Crippen molar-refractivity contribution in [3.63, 3.8) is 0 Å². The van der Waals surface area contributed by atoms with Gasteiger partial charge in [-0.2, -0.15) is 0 Å². The number of nitrogens with zero attached hydrogens (tertiary/aromatic N) is 1. The SMILES string of the molecule is CC=CC(=c1ncsc1=C(C)C)C(C)C. The molecular weight excluding hydrogens is 202 g/mol. The van der Waals surface area contributed by atoms with Crippen LogP contribution in [0.4, 0.5) is 0 Å². The first-order chi connectivity index (χ1) is 7.07. The van der Waals surface area contributed by atoms with Gasteiger partial charge in [0, 0.05) is 0 Å². The summed E-state index contributed by atoms with van der Waals surface area (Å²) in [6.45, 7) is 10.8. The number of thiazole rings is 1. The Balaban J connectivity index is 3.64. The van der Waals surface area contributed by atoms with Gasteiger partial charge in [0.15, 0.2) is 0 Å². The fourth-order valence-corrected chi connectivity index (χ4v) is 2.31. The molecule has 15 heavy (non-hydrogen) atoms. The minimum atomic E-state index is 0.515. The van der Waals surface area contributed by atoms with Crippen LogP contribution < -0.4 is 9.88 Å². The van der Waals surface area contributed by atoms with E-state index in [1.807, 2.05) is 5.51 Å². The molecule has 0 radical (unpaired) electrons. The first kappa shape index (κ1) is 12.2. The number of rotatable bonds is 2. The summed E-state index contributed by atoms with van der Waals surface area (Å²) in [6, 6.07) is 0. The summed E-state index contributed by atoms with van der Waals surface area (Å²) in [4.78, 5) is 4.49. The molecule has 1 nitrogen and oxygen atoms in total. The molecule has 1 rings (SSSR count). The molecule has 0 aromatic carbocycles. The van der Waals surface area contributed by atoms with E-state index >= 15 is 0 Å². The van der Waals surface area contributed by atoms with Gasteiger partial charge in [0.1, 0.15) is 0 Å². The maximum absolute atomic E-state index is 4.49. The molecule has 0 bridgehead atoms. The molecule has 1 heterocycles. The van der Waals surface area contributed by atoms with Crippen molar-refractivity contribution in [2.45, 2.75) is 34.6 Å². The minimum Gasteiger partial charge on any atom is -0.244 e. The van der Waals surface area contributed by atoms with Gasteiger partial charge in [-0.1, -0.05) is 31.6 Å². The number of aromatic nitrogens is 1. The van der Waals surface area contributed by atoms with Crippen LogP contribution in [0.15, 0.2) is 17.7 Å². The topological polar surface area (TPSA) is 12.9 Å². The zero-order chi connectivity index (χ0) is 11.4. The van der Waals surface area contributed by atoms with Gasteiger partial charge < -0.3 is 0 Å². The third-order valence-electron chi connectivity index (χ3n) is 2.26. The van der Waals surface area contributed by atoms with Crippen molar-refractivity contribution in [1.29, 1.82) is 0 Å². The molecule has 0 aliphatic heterocycles. The lowest BCUT2D eigenvalue weighted by Crippen LogP contribution is -2.26. The van der Waals surface area contributed by atoms with Crippen LogP contribution in [0.3, 0.4) is 0 Å². The highest BCUT2D eigenvalue weighted by atomic mass is 32.1. The average Bonchev–Trinajstić information content (AvgIpc) is 2.61. The summed E-state index contributed by atoms with van der Waals surface area (Å²) in [6.07, 6.45) is 4.26. The molecule has 0 fully saturated rings. The Morgan fingerprint density at radius 1 is 1.40 bits per heavy atom. The summed E-state index contributed by atoms with van der Waals surface area (Å²) in [5.41, 5.74) is 4.61. The lowest BCUT2D eigenvalue weighted by Gasteiger charge is -2.04. The van der Waals surface area contributed by atoms with E-state index in [1.165, 1.54) is 15.7 Å². The van der Waals surface area contributed by atoms with Crippen LogP contribution in [0.2, 0.25) is 0 Å². The fourth-order valence-electron chi connectivity index (χ4n) is 1.53. The van der Waals surface area contributed by atoms with Crippen LogP contribution in [-0.4, -0.2) is 4.98 Å². The molecule has 0 spiro atoms. The van der Waals surface area contributed by atoms with Crippen LogP contribution in [0, 0.1) is 5.92 Å². The molecule has 0 amide bonds. The third kappa shape index (κ3) is 2.78. The standard InChI is InChI=1S/C13H19NS/c1-6-7-11(9(2)3)12-13(10(4)5)15-8-14-12/h6-9H,1-5H3. The van der Waals surface area contributed by atoms with Crippen molar-refractivity contribution in [2.75, 3.05) is 0 Å². The maximum atomic E-state index is 4.49. The summed E-state index contributed by atoms with van der Waals surface area (Å²) < 4.78 is 1.32. The number of hydrogen-bond acceptors (Lipinski definition) is 2. The second-order valence-corrected chi connectivity index (χ2v) is 4.99. The molecule has 0 atom stereocenters. The Morgan fingerprint density at radius 3 is 2.53 bits per heavy atom. The van der Waals surface area contributed by atoms with Crippen molar-refractivity contribution in [3.05, 3.63) is 27.5 Å². The van der Waals surface area contributed by atoms with Crippen LogP contribution >= 0.6 is 11.3 Å². The molecular formula is C13H19NS. The van der Waals surface area contributed by atoms with Gasteiger partial charge in [-0.15, -0.1) is 11.3 Å². The van der Waals surface area contributed by atoms with Gasteiger partial charge in [0.05, 0.1) is 15.4 Å².